The van der Waals surface area contributed by atoms with Gasteiger partial charge in [-0.2, -0.15) is 4.98 Å². The number of nitrogens with zero attached hydrogens (tertiary/aromatic N) is 2. The summed E-state index contributed by atoms with van der Waals surface area (Å²) in [4.78, 5) is 21.8. The van der Waals surface area contributed by atoms with Crippen molar-refractivity contribution < 1.29 is 4.79 Å². The summed E-state index contributed by atoms with van der Waals surface area (Å²) in [6, 6.07) is 15.9. The van der Waals surface area contributed by atoms with Gasteiger partial charge in [-0.15, -0.1) is 0 Å². The predicted octanol–water partition coefficient (Wildman–Crippen LogP) is 5.10. The number of ketones is 1. The molecule has 27 heavy (non-hydrogen) atoms. The molecule has 1 aliphatic carbocycles. The first-order valence-corrected chi connectivity index (χ1v) is 9.21. The summed E-state index contributed by atoms with van der Waals surface area (Å²) in [5.41, 5.74) is 5.65. The van der Waals surface area contributed by atoms with Gasteiger partial charge >= 0.3 is 0 Å². The maximum absolute atomic E-state index is 12.6. The van der Waals surface area contributed by atoms with E-state index in [1.165, 1.54) is 5.56 Å². The summed E-state index contributed by atoms with van der Waals surface area (Å²) in [6.45, 7) is 4.14. The first kappa shape index (κ1) is 17.2. The topological polar surface area (TPSA) is 66.9 Å². The zero-order chi connectivity index (χ0) is 18.8. The third-order valence-electron chi connectivity index (χ3n) is 4.97. The largest absolute Gasteiger partial charge is 0.339 e. The van der Waals surface area contributed by atoms with Gasteiger partial charge in [0.1, 0.15) is 5.82 Å². The Bertz CT molecular complexity index is 999. The third kappa shape index (κ3) is 3.53. The maximum atomic E-state index is 12.6. The van der Waals surface area contributed by atoms with Crippen LogP contribution < -0.4 is 10.6 Å². The van der Waals surface area contributed by atoms with Crippen LogP contribution in [0, 0.1) is 13.8 Å². The second kappa shape index (κ2) is 7.19. The van der Waals surface area contributed by atoms with Gasteiger partial charge < -0.3 is 10.6 Å². The van der Waals surface area contributed by atoms with E-state index < -0.39 is 0 Å². The molecule has 5 heteroatoms. The molecule has 5 nitrogen and oxygen atoms in total. The number of para-hydroxylation sites is 1. The van der Waals surface area contributed by atoms with Crippen molar-refractivity contribution in [3.8, 4) is 0 Å². The summed E-state index contributed by atoms with van der Waals surface area (Å²) in [6.07, 6.45) is 2.16. The Kier molecular flexibility index (Phi) is 4.59. The van der Waals surface area contributed by atoms with Crippen molar-refractivity contribution in [1.82, 2.24) is 9.97 Å². The Labute approximate surface area is 158 Å². The summed E-state index contributed by atoms with van der Waals surface area (Å²) < 4.78 is 0. The fraction of sp³-hybridized carbons (Fsp3) is 0.227. The van der Waals surface area contributed by atoms with E-state index >= 15 is 0 Å². The molecule has 0 saturated carbocycles. The molecule has 2 N–H and O–H groups in total. The fourth-order valence-electron chi connectivity index (χ4n) is 3.33. The lowest BCUT2D eigenvalue weighted by atomic mass is 9.95. The number of benzene rings is 2. The first-order valence-electron chi connectivity index (χ1n) is 9.21. The number of hydrogen-bond donors (Lipinski definition) is 2. The smallest absolute Gasteiger partial charge is 0.229 e. The van der Waals surface area contributed by atoms with Crippen LogP contribution in [0.15, 0.2) is 48.5 Å². The van der Waals surface area contributed by atoms with Gasteiger partial charge in [0.2, 0.25) is 5.95 Å². The Morgan fingerprint density at radius 1 is 0.889 bits per heavy atom. The van der Waals surface area contributed by atoms with Crippen LogP contribution in [-0.2, 0) is 6.42 Å². The van der Waals surface area contributed by atoms with Gasteiger partial charge in [0.05, 0.1) is 11.3 Å². The number of Topliss-reactive ketones (excluding diaryl/α,β-unsaturated/α-hetero) is 1. The highest BCUT2D eigenvalue weighted by molar-refractivity contribution is 6.03. The van der Waals surface area contributed by atoms with Crippen molar-refractivity contribution in [3.63, 3.8) is 0 Å². The molecule has 0 amide bonds. The van der Waals surface area contributed by atoms with Gasteiger partial charge in [-0.3, -0.25) is 4.79 Å². The lowest BCUT2D eigenvalue weighted by Gasteiger charge is -2.20. The second-order valence-corrected chi connectivity index (χ2v) is 6.86. The van der Waals surface area contributed by atoms with Gasteiger partial charge in [-0.25, -0.2) is 4.98 Å². The molecule has 2 aromatic carbocycles. The van der Waals surface area contributed by atoms with Crippen LogP contribution in [0.3, 0.4) is 0 Å². The molecule has 136 valence electrons. The Morgan fingerprint density at radius 2 is 1.70 bits per heavy atom. The van der Waals surface area contributed by atoms with E-state index in [1.807, 2.05) is 42.5 Å². The minimum absolute atomic E-state index is 0.107. The molecule has 0 radical (unpaired) electrons. The van der Waals surface area contributed by atoms with E-state index in [4.69, 9.17) is 0 Å². The van der Waals surface area contributed by atoms with Crippen LogP contribution in [0.25, 0.3) is 0 Å². The van der Waals surface area contributed by atoms with E-state index in [9.17, 15) is 4.79 Å². The number of rotatable bonds is 4. The van der Waals surface area contributed by atoms with Crippen LogP contribution in [0.1, 0.15) is 40.0 Å². The number of aromatic nitrogens is 2. The van der Waals surface area contributed by atoms with Crippen molar-refractivity contribution in [2.75, 3.05) is 10.6 Å². The lowest BCUT2D eigenvalue weighted by Crippen LogP contribution is -2.18. The van der Waals surface area contributed by atoms with Gasteiger partial charge in [0.25, 0.3) is 0 Å². The summed E-state index contributed by atoms with van der Waals surface area (Å²) in [5.74, 6) is 1.19. The van der Waals surface area contributed by atoms with Gasteiger partial charge in [-0.05, 0) is 56.0 Å². The standard InChI is InChI=1S/C22H22N4O/c1-14-8-6-11-17(15(14)2)24-21-20-18(12-7-13-19(20)27)25-22(26-21)23-16-9-4-3-5-10-16/h3-6,8-11H,7,12-13H2,1-2H3,(H2,23,24,25,26). The summed E-state index contributed by atoms with van der Waals surface area (Å²) in [7, 11) is 0. The van der Waals surface area contributed by atoms with Crippen LogP contribution in [0.5, 0.6) is 0 Å². The minimum atomic E-state index is 0.107. The fourth-order valence-corrected chi connectivity index (χ4v) is 3.33. The van der Waals surface area contributed by atoms with Crippen molar-refractivity contribution in [2.24, 2.45) is 0 Å². The summed E-state index contributed by atoms with van der Waals surface area (Å²) >= 11 is 0. The molecule has 0 unspecified atom stereocenters. The van der Waals surface area contributed by atoms with Crippen LogP contribution in [-0.4, -0.2) is 15.8 Å². The third-order valence-corrected chi connectivity index (χ3v) is 4.97. The van der Waals surface area contributed by atoms with Gasteiger partial charge in [0.15, 0.2) is 5.78 Å². The van der Waals surface area contributed by atoms with Crippen molar-refractivity contribution in [1.29, 1.82) is 0 Å². The molecular formula is C22H22N4O. The van der Waals surface area contributed by atoms with Crippen LogP contribution in [0.4, 0.5) is 23.1 Å². The molecule has 0 saturated heterocycles. The number of nitrogens with one attached hydrogen (secondary N) is 2. The number of carbonyl (C=O) groups excluding carboxylic acids is 1. The SMILES string of the molecule is Cc1cccc(Nc2nc(Nc3ccccc3)nc3c2C(=O)CCC3)c1C. The highest BCUT2D eigenvalue weighted by Gasteiger charge is 2.25. The zero-order valence-electron chi connectivity index (χ0n) is 15.5. The Balaban J connectivity index is 1.77. The second-order valence-electron chi connectivity index (χ2n) is 6.86. The number of anilines is 4. The molecular weight excluding hydrogens is 336 g/mol. The molecule has 3 aromatic rings. The van der Waals surface area contributed by atoms with Crippen LogP contribution in [0.2, 0.25) is 0 Å². The normalized spacial score (nSPS) is 13.2. The first-order chi connectivity index (χ1) is 13.1. The molecule has 0 spiro atoms. The molecule has 0 aliphatic heterocycles. The molecule has 0 fully saturated rings. The van der Waals surface area contributed by atoms with E-state index in [2.05, 4.69) is 40.5 Å². The molecule has 1 aromatic heterocycles. The van der Waals surface area contributed by atoms with Gasteiger partial charge in [-0.1, -0.05) is 30.3 Å². The monoisotopic (exact) mass is 358 g/mol. The quantitative estimate of drug-likeness (QED) is 0.679. The lowest BCUT2D eigenvalue weighted by molar-refractivity contribution is 0.0972. The summed E-state index contributed by atoms with van der Waals surface area (Å²) in [5, 5.41) is 6.63. The van der Waals surface area contributed by atoms with Crippen molar-refractivity contribution in [3.05, 3.63) is 70.9 Å². The van der Waals surface area contributed by atoms with Crippen molar-refractivity contribution in [2.45, 2.75) is 33.1 Å². The predicted molar refractivity (Wildman–Crippen MR) is 108 cm³/mol. The zero-order valence-corrected chi connectivity index (χ0v) is 15.5. The minimum Gasteiger partial charge on any atom is -0.339 e. The highest BCUT2D eigenvalue weighted by Crippen LogP contribution is 2.31. The number of fused-ring (bicyclic) bond motifs is 1. The average molecular weight is 358 g/mol. The molecule has 1 aliphatic rings. The number of carbonyl (C=O) groups is 1. The Morgan fingerprint density at radius 3 is 2.52 bits per heavy atom. The number of hydrogen-bond acceptors (Lipinski definition) is 5. The average Bonchev–Trinajstić information content (AvgIpc) is 2.66. The van der Waals surface area contributed by atoms with Gasteiger partial charge in [0, 0.05) is 17.8 Å². The molecule has 0 atom stereocenters. The molecule has 4 rings (SSSR count). The van der Waals surface area contributed by atoms with E-state index in [-0.39, 0.29) is 5.78 Å². The van der Waals surface area contributed by atoms with Crippen LogP contribution >= 0.6 is 0 Å². The molecule has 0 bridgehead atoms. The van der Waals surface area contributed by atoms with E-state index in [0.717, 1.165) is 35.5 Å². The van der Waals surface area contributed by atoms with E-state index in [1.54, 1.807) is 0 Å². The van der Waals surface area contributed by atoms with E-state index in [0.29, 0.717) is 23.8 Å². The maximum Gasteiger partial charge on any atom is 0.229 e. The van der Waals surface area contributed by atoms with Crippen molar-refractivity contribution >= 4 is 28.9 Å². The molecule has 1 heterocycles. The Hall–Kier alpha value is -3.21. The highest BCUT2D eigenvalue weighted by atomic mass is 16.1. The number of aryl methyl sites for hydroxylation is 2.